The average molecular weight is 444 g/mol. The van der Waals surface area contributed by atoms with Gasteiger partial charge in [-0.15, -0.1) is 0 Å². The van der Waals surface area contributed by atoms with Gasteiger partial charge in [0, 0.05) is 58.7 Å². The normalized spacial score (nSPS) is 15.6. The van der Waals surface area contributed by atoms with Gasteiger partial charge in [0.05, 0.1) is 12.2 Å². The number of anilines is 1. The predicted molar refractivity (Wildman–Crippen MR) is 129 cm³/mol. The van der Waals surface area contributed by atoms with Crippen molar-refractivity contribution >= 4 is 17.6 Å². The highest BCUT2D eigenvalue weighted by atomic mass is 16.2. The van der Waals surface area contributed by atoms with Gasteiger partial charge >= 0.3 is 0 Å². The molecule has 170 valence electrons. The van der Waals surface area contributed by atoms with Crippen molar-refractivity contribution in [2.24, 2.45) is 0 Å². The van der Waals surface area contributed by atoms with E-state index in [1.807, 2.05) is 86.7 Å². The summed E-state index contributed by atoms with van der Waals surface area (Å²) in [5, 5.41) is 0. The number of nitrogens with zero attached hydrogens (tertiary/aromatic N) is 5. The van der Waals surface area contributed by atoms with Crippen molar-refractivity contribution in [3.8, 4) is 11.1 Å². The number of carbonyl (C=O) groups excluding carboxylic acids is 2. The highest BCUT2D eigenvalue weighted by Crippen LogP contribution is 2.28. The molecule has 0 N–H and O–H groups in total. The van der Waals surface area contributed by atoms with Gasteiger partial charge in [-0.25, -0.2) is 9.97 Å². The lowest BCUT2D eigenvalue weighted by molar-refractivity contribution is -0.126. The first-order valence-electron chi connectivity index (χ1n) is 11.0. The number of carbonyl (C=O) groups is 2. The summed E-state index contributed by atoms with van der Waals surface area (Å²) in [5.41, 5.74) is 3.37. The molecule has 1 aromatic heterocycles. The first-order valence-corrected chi connectivity index (χ1v) is 11.0. The van der Waals surface area contributed by atoms with E-state index in [2.05, 4.69) is 4.98 Å². The van der Waals surface area contributed by atoms with Crippen molar-refractivity contribution in [3.63, 3.8) is 0 Å². The minimum atomic E-state index is -0.0920. The monoisotopic (exact) mass is 443 g/mol. The van der Waals surface area contributed by atoms with Crippen LogP contribution in [0, 0.1) is 0 Å². The summed E-state index contributed by atoms with van der Waals surface area (Å²) in [6.07, 6.45) is 0.443. The Morgan fingerprint density at radius 3 is 2.39 bits per heavy atom. The molecule has 0 radical (unpaired) electrons. The molecule has 2 aromatic carbocycles. The largest absolute Gasteiger partial charge is 0.363 e. The van der Waals surface area contributed by atoms with Crippen molar-refractivity contribution in [3.05, 3.63) is 77.7 Å². The Morgan fingerprint density at radius 2 is 1.73 bits per heavy atom. The molecule has 7 nitrogen and oxygen atoms in total. The Bertz CT molecular complexity index is 1160. The fourth-order valence-corrected chi connectivity index (χ4v) is 4.10. The highest BCUT2D eigenvalue weighted by molar-refractivity contribution is 6.00. The summed E-state index contributed by atoms with van der Waals surface area (Å²) in [5.74, 6) is 1.39. The van der Waals surface area contributed by atoms with E-state index >= 15 is 0 Å². The fraction of sp³-hybridized carbons (Fsp3) is 0.308. The van der Waals surface area contributed by atoms with Crippen LogP contribution in [0.4, 0.5) is 5.82 Å². The molecule has 33 heavy (non-hydrogen) atoms. The maximum Gasteiger partial charge on any atom is 0.254 e. The third-order valence-electron chi connectivity index (χ3n) is 5.96. The summed E-state index contributed by atoms with van der Waals surface area (Å²) in [6, 6.07) is 19.5. The lowest BCUT2D eigenvalue weighted by Gasteiger charge is -2.21. The van der Waals surface area contributed by atoms with Crippen LogP contribution in [0.3, 0.4) is 0 Å². The number of hydrogen-bond donors (Lipinski definition) is 0. The van der Waals surface area contributed by atoms with Gasteiger partial charge in [0.25, 0.3) is 5.91 Å². The summed E-state index contributed by atoms with van der Waals surface area (Å²) in [6.45, 7) is 0.911. The number of likely N-dealkylation sites (N-methyl/N-ethyl adjacent to an activating group) is 1. The molecule has 1 saturated heterocycles. The minimum Gasteiger partial charge on any atom is -0.363 e. The lowest BCUT2D eigenvalue weighted by atomic mass is 9.99. The number of aromatic nitrogens is 2. The molecule has 0 saturated carbocycles. The molecular weight excluding hydrogens is 414 g/mol. The Kier molecular flexibility index (Phi) is 6.40. The summed E-state index contributed by atoms with van der Waals surface area (Å²) < 4.78 is 0. The third-order valence-corrected chi connectivity index (χ3v) is 5.96. The van der Waals surface area contributed by atoms with E-state index in [1.165, 1.54) is 0 Å². The lowest BCUT2D eigenvalue weighted by Crippen LogP contribution is -2.28. The SMILES string of the molecule is CN1CC(c2cc(N(C)C)nc(CN(C)C(=O)c3ccccc3-c3ccccc3)n2)CC1=O. The van der Waals surface area contributed by atoms with Gasteiger partial charge in [0.1, 0.15) is 11.6 Å². The minimum absolute atomic E-state index is 0.0303. The summed E-state index contributed by atoms with van der Waals surface area (Å²) >= 11 is 0. The maximum absolute atomic E-state index is 13.4. The van der Waals surface area contributed by atoms with Crippen LogP contribution >= 0.6 is 0 Å². The zero-order chi connectivity index (χ0) is 23.5. The molecule has 7 heteroatoms. The van der Waals surface area contributed by atoms with E-state index in [0.29, 0.717) is 24.4 Å². The second-order valence-electron chi connectivity index (χ2n) is 8.71. The van der Waals surface area contributed by atoms with Gasteiger partial charge in [0.15, 0.2) is 0 Å². The van der Waals surface area contributed by atoms with E-state index < -0.39 is 0 Å². The van der Waals surface area contributed by atoms with Crippen LogP contribution in [0.1, 0.15) is 34.2 Å². The van der Waals surface area contributed by atoms with Gasteiger partial charge in [-0.05, 0) is 17.2 Å². The van der Waals surface area contributed by atoms with Crippen LogP contribution in [0.5, 0.6) is 0 Å². The number of likely N-dealkylation sites (tertiary alicyclic amines) is 1. The van der Waals surface area contributed by atoms with Crippen molar-refractivity contribution in [1.82, 2.24) is 19.8 Å². The van der Waals surface area contributed by atoms with Crippen molar-refractivity contribution in [1.29, 1.82) is 0 Å². The second-order valence-corrected chi connectivity index (χ2v) is 8.71. The first kappa shape index (κ1) is 22.5. The van der Waals surface area contributed by atoms with Crippen molar-refractivity contribution in [2.45, 2.75) is 18.9 Å². The van der Waals surface area contributed by atoms with Crippen LogP contribution in [0.2, 0.25) is 0 Å². The number of hydrogen-bond acceptors (Lipinski definition) is 5. The molecule has 1 aliphatic heterocycles. The van der Waals surface area contributed by atoms with E-state index in [4.69, 9.17) is 4.98 Å². The van der Waals surface area contributed by atoms with E-state index in [0.717, 1.165) is 22.6 Å². The van der Waals surface area contributed by atoms with Crippen LogP contribution in [0.25, 0.3) is 11.1 Å². The quantitative estimate of drug-likeness (QED) is 0.584. The Labute approximate surface area is 194 Å². The molecule has 1 atom stereocenters. The van der Waals surface area contributed by atoms with Gasteiger partial charge in [-0.2, -0.15) is 0 Å². The van der Waals surface area contributed by atoms with Gasteiger partial charge in [0.2, 0.25) is 5.91 Å². The van der Waals surface area contributed by atoms with Gasteiger partial charge in [-0.3, -0.25) is 9.59 Å². The molecule has 3 aromatic rings. The average Bonchev–Trinajstić information content (AvgIpc) is 3.17. The molecule has 4 rings (SSSR count). The smallest absolute Gasteiger partial charge is 0.254 e. The zero-order valence-corrected chi connectivity index (χ0v) is 19.5. The Balaban J connectivity index is 1.61. The van der Waals surface area contributed by atoms with Crippen LogP contribution < -0.4 is 4.90 Å². The molecule has 2 amide bonds. The second kappa shape index (κ2) is 9.40. The van der Waals surface area contributed by atoms with Crippen LogP contribution in [-0.4, -0.2) is 66.3 Å². The number of rotatable bonds is 6. The summed E-state index contributed by atoms with van der Waals surface area (Å²) in [4.78, 5) is 40.2. The van der Waals surface area contributed by atoms with Crippen molar-refractivity contribution in [2.75, 3.05) is 39.6 Å². The zero-order valence-electron chi connectivity index (χ0n) is 19.5. The third kappa shape index (κ3) is 4.87. The number of benzene rings is 2. The molecule has 0 bridgehead atoms. The molecule has 0 aliphatic carbocycles. The van der Waals surface area contributed by atoms with Gasteiger partial charge < -0.3 is 14.7 Å². The van der Waals surface area contributed by atoms with E-state index in [1.54, 1.807) is 16.8 Å². The Morgan fingerprint density at radius 1 is 1.03 bits per heavy atom. The Hall–Kier alpha value is -3.74. The fourth-order valence-electron chi connectivity index (χ4n) is 4.10. The molecule has 1 aliphatic rings. The molecule has 0 spiro atoms. The number of amides is 2. The molecule has 1 fully saturated rings. The standard InChI is InChI=1S/C26H29N5O2/c1-29(2)24-15-22(19-14-25(32)30(3)16-19)27-23(28-24)17-31(4)26(33)21-13-9-8-12-20(21)18-10-6-5-7-11-18/h5-13,15,19H,14,16-17H2,1-4H3. The predicted octanol–water partition coefficient (Wildman–Crippen LogP) is 3.43. The van der Waals surface area contributed by atoms with Crippen LogP contribution in [0.15, 0.2) is 60.7 Å². The van der Waals surface area contributed by atoms with Crippen molar-refractivity contribution < 1.29 is 9.59 Å². The van der Waals surface area contributed by atoms with Crippen LogP contribution in [-0.2, 0) is 11.3 Å². The van der Waals surface area contributed by atoms with E-state index in [9.17, 15) is 9.59 Å². The van der Waals surface area contributed by atoms with E-state index in [-0.39, 0.29) is 24.3 Å². The first-order chi connectivity index (χ1) is 15.8. The molecular formula is C26H29N5O2. The highest BCUT2D eigenvalue weighted by Gasteiger charge is 2.30. The topological polar surface area (TPSA) is 69.6 Å². The van der Waals surface area contributed by atoms with Gasteiger partial charge in [-0.1, -0.05) is 48.5 Å². The summed E-state index contributed by atoms with van der Waals surface area (Å²) in [7, 11) is 7.43. The molecule has 1 unspecified atom stereocenters. The molecule has 2 heterocycles. The maximum atomic E-state index is 13.4.